The molecule has 4 aromatic rings. The molecule has 0 saturated carbocycles. The second-order valence-corrected chi connectivity index (χ2v) is 8.75. The average Bonchev–Trinajstić information content (AvgIpc) is 3.17. The fraction of sp³-hybridized carbons (Fsp3) is 0.138. The Morgan fingerprint density at radius 1 is 0.794 bits per heavy atom. The van der Waals surface area contributed by atoms with Crippen LogP contribution >= 0.6 is 0 Å². The van der Waals surface area contributed by atoms with E-state index >= 15 is 0 Å². The van der Waals surface area contributed by atoms with Gasteiger partial charge in [0.05, 0.1) is 5.56 Å². The van der Waals surface area contributed by atoms with E-state index in [0.717, 1.165) is 33.8 Å². The summed E-state index contributed by atoms with van der Waals surface area (Å²) in [5.74, 6) is 1.02. The van der Waals surface area contributed by atoms with Crippen molar-refractivity contribution in [2.45, 2.75) is 12.5 Å². The van der Waals surface area contributed by atoms with Crippen molar-refractivity contribution in [2.75, 3.05) is 24.3 Å². The van der Waals surface area contributed by atoms with Crippen molar-refractivity contribution < 1.29 is 14.3 Å². The van der Waals surface area contributed by atoms with Crippen LogP contribution in [0.15, 0.2) is 84.9 Å². The van der Waals surface area contributed by atoms with Crippen LogP contribution in [0.3, 0.4) is 0 Å². The molecule has 0 saturated heterocycles. The van der Waals surface area contributed by atoms with Gasteiger partial charge in [-0.3, -0.25) is 0 Å². The maximum atomic E-state index is 13.0. The Bertz CT molecular complexity index is 1440. The minimum atomic E-state index is -1.07. The third kappa shape index (κ3) is 2.83. The van der Waals surface area contributed by atoms with Crippen LogP contribution < -0.4 is 15.0 Å². The number of carbonyl (C=O) groups is 1. The van der Waals surface area contributed by atoms with Crippen LogP contribution in [-0.2, 0) is 10.3 Å². The van der Waals surface area contributed by atoms with Crippen molar-refractivity contribution in [2.24, 2.45) is 0 Å². The van der Waals surface area contributed by atoms with E-state index in [1.54, 1.807) is 0 Å². The zero-order valence-corrected chi connectivity index (χ0v) is 19.3. The molecule has 0 fully saturated rings. The van der Waals surface area contributed by atoms with Gasteiger partial charge in [-0.25, -0.2) is 4.79 Å². The summed E-state index contributed by atoms with van der Waals surface area (Å²) >= 11 is 0. The lowest BCUT2D eigenvalue weighted by molar-refractivity contribution is 0.0224. The molecule has 0 radical (unpaired) electrons. The number of aryl methyl sites for hydroxylation is 1. The molecule has 1 N–H and O–H groups in total. The number of anilines is 3. The number of esters is 1. The van der Waals surface area contributed by atoms with Gasteiger partial charge in [-0.2, -0.15) is 0 Å². The first kappa shape index (κ1) is 20.4. The molecule has 0 amide bonds. The standard InChI is InChI=1S/C29H24N2O3/c1-18-8-11-20(12-9-18)31(3)21-13-14-24-27(17-21)33-26-15-10-19(30-2)16-25(26)29(24)23-7-5-4-6-22(23)28(32)34-29/h4-17,30H,1-3H3. The van der Waals surface area contributed by atoms with Gasteiger partial charge in [0.2, 0.25) is 0 Å². The first-order valence-electron chi connectivity index (χ1n) is 11.3. The van der Waals surface area contributed by atoms with Gasteiger partial charge >= 0.3 is 5.97 Å². The van der Waals surface area contributed by atoms with Crippen LogP contribution in [0.1, 0.15) is 32.6 Å². The van der Waals surface area contributed by atoms with E-state index in [4.69, 9.17) is 9.47 Å². The van der Waals surface area contributed by atoms with Crippen molar-refractivity contribution in [3.05, 3.63) is 113 Å². The molecule has 2 aliphatic heterocycles. The summed E-state index contributed by atoms with van der Waals surface area (Å²) in [4.78, 5) is 15.1. The van der Waals surface area contributed by atoms with Gasteiger partial charge in [0.1, 0.15) is 11.5 Å². The molecule has 0 aliphatic carbocycles. The number of hydrogen-bond donors (Lipinski definition) is 1. The van der Waals surface area contributed by atoms with Crippen LogP contribution in [0.5, 0.6) is 11.5 Å². The summed E-state index contributed by atoms with van der Waals surface area (Å²) in [5, 5.41) is 3.19. The maximum Gasteiger partial charge on any atom is 0.340 e. The monoisotopic (exact) mass is 448 g/mol. The van der Waals surface area contributed by atoms with Gasteiger partial charge in [-0.05, 0) is 55.5 Å². The Morgan fingerprint density at radius 3 is 2.35 bits per heavy atom. The minimum Gasteiger partial charge on any atom is -0.456 e. The van der Waals surface area contributed by atoms with E-state index in [1.165, 1.54) is 5.56 Å². The van der Waals surface area contributed by atoms with Crippen molar-refractivity contribution in [3.8, 4) is 11.5 Å². The summed E-state index contributed by atoms with van der Waals surface area (Å²) in [6, 6.07) is 28.0. The van der Waals surface area contributed by atoms with Gasteiger partial charge in [0.25, 0.3) is 0 Å². The molecule has 2 heterocycles. The van der Waals surface area contributed by atoms with Crippen LogP contribution in [0.25, 0.3) is 0 Å². The van der Waals surface area contributed by atoms with Gasteiger partial charge < -0.3 is 19.7 Å². The lowest BCUT2D eigenvalue weighted by Gasteiger charge is -2.37. The number of rotatable bonds is 3. The van der Waals surface area contributed by atoms with E-state index < -0.39 is 5.60 Å². The van der Waals surface area contributed by atoms with Crippen molar-refractivity contribution in [1.29, 1.82) is 0 Å². The smallest absolute Gasteiger partial charge is 0.340 e. The summed E-state index contributed by atoms with van der Waals surface area (Å²) < 4.78 is 12.7. The molecule has 1 spiro atoms. The molecule has 1 unspecified atom stereocenters. The fourth-order valence-electron chi connectivity index (χ4n) is 4.94. The summed E-state index contributed by atoms with van der Waals surface area (Å²) in [7, 11) is 3.90. The largest absolute Gasteiger partial charge is 0.456 e. The van der Waals surface area contributed by atoms with Gasteiger partial charge in [-0.1, -0.05) is 35.9 Å². The molecule has 34 heavy (non-hydrogen) atoms. The molecule has 168 valence electrons. The number of ether oxygens (including phenoxy) is 2. The van der Waals surface area contributed by atoms with Crippen molar-refractivity contribution in [3.63, 3.8) is 0 Å². The number of nitrogens with zero attached hydrogens (tertiary/aromatic N) is 1. The molecule has 0 bridgehead atoms. The molecular weight excluding hydrogens is 424 g/mol. The normalized spacial score (nSPS) is 17.3. The van der Waals surface area contributed by atoms with Crippen molar-refractivity contribution >= 4 is 23.0 Å². The Labute approximate surface area is 198 Å². The number of benzene rings is 4. The Hall–Kier alpha value is -4.25. The molecule has 5 nitrogen and oxygen atoms in total. The zero-order valence-electron chi connectivity index (χ0n) is 19.3. The first-order valence-corrected chi connectivity index (χ1v) is 11.3. The van der Waals surface area contributed by atoms with E-state index in [-0.39, 0.29) is 5.97 Å². The van der Waals surface area contributed by atoms with Crippen LogP contribution in [0.4, 0.5) is 17.1 Å². The molecule has 5 heteroatoms. The molecule has 4 aromatic carbocycles. The zero-order chi connectivity index (χ0) is 23.4. The van der Waals surface area contributed by atoms with Gasteiger partial charge in [0.15, 0.2) is 5.60 Å². The average molecular weight is 449 g/mol. The fourth-order valence-corrected chi connectivity index (χ4v) is 4.94. The number of nitrogens with one attached hydrogen (secondary N) is 1. The Kier molecular flexibility index (Phi) is 4.42. The maximum absolute atomic E-state index is 13.0. The topological polar surface area (TPSA) is 50.8 Å². The van der Waals surface area contributed by atoms with Gasteiger partial charge in [0, 0.05) is 53.9 Å². The third-order valence-corrected chi connectivity index (χ3v) is 6.79. The van der Waals surface area contributed by atoms with Crippen LogP contribution in [0, 0.1) is 6.92 Å². The molecule has 0 aromatic heterocycles. The second kappa shape index (κ2) is 7.39. The van der Waals surface area contributed by atoms with E-state index in [2.05, 4.69) is 41.4 Å². The van der Waals surface area contributed by atoms with E-state index in [0.29, 0.717) is 17.1 Å². The lowest BCUT2D eigenvalue weighted by Crippen LogP contribution is -2.33. The first-order chi connectivity index (χ1) is 16.5. The highest BCUT2D eigenvalue weighted by Gasteiger charge is 2.53. The predicted molar refractivity (Wildman–Crippen MR) is 133 cm³/mol. The predicted octanol–water partition coefficient (Wildman–Crippen LogP) is 6.37. The molecular formula is C29H24N2O3. The summed E-state index contributed by atoms with van der Waals surface area (Å²) in [6.07, 6.45) is 0. The van der Waals surface area contributed by atoms with Crippen molar-refractivity contribution in [1.82, 2.24) is 0 Å². The third-order valence-electron chi connectivity index (χ3n) is 6.79. The SMILES string of the molecule is CNc1ccc2c(c1)C1(OC(=O)c3ccccc31)c1ccc(N(C)c3ccc(C)cc3)cc1O2. The highest BCUT2D eigenvalue weighted by atomic mass is 16.6. The van der Waals surface area contributed by atoms with Crippen LogP contribution in [0.2, 0.25) is 0 Å². The molecule has 2 aliphatic rings. The number of carbonyl (C=O) groups excluding carboxylic acids is 1. The Morgan fingerprint density at radius 2 is 1.56 bits per heavy atom. The molecule has 1 atom stereocenters. The number of hydrogen-bond acceptors (Lipinski definition) is 5. The second-order valence-electron chi connectivity index (χ2n) is 8.75. The van der Waals surface area contributed by atoms with Gasteiger partial charge in [-0.15, -0.1) is 0 Å². The lowest BCUT2D eigenvalue weighted by atomic mass is 9.77. The van der Waals surface area contributed by atoms with E-state index in [9.17, 15) is 4.79 Å². The van der Waals surface area contributed by atoms with E-state index in [1.807, 2.05) is 74.8 Å². The van der Waals surface area contributed by atoms with Crippen LogP contribution in [-0.4, -0.2) is 20.1 Å². The number of fused-ring (bicyclic) bond motifs is 6. The summed E-state index contributed by atoms with van der Waals surface area (Å²) in [6.45, 7) is 2.08. The minimum absolute atomic E-state index is 0.329. The summed E-state index contributed by atoms with van der Waals surface area (Å²) in [5.41, 5.74) is 6.16. The highest BCUT2D eigenvalue weighted by Crippen LogP contribution is 2.57. The highest BCUT2D eigenvalue weighted by molar-refractivity contribution is 5.97. The quantitative estimate of drug-likeness (QED) is 0.369. The Balaban J connectivity index is 1.56. The molecule has 6 rings (SSSR count).